The molecule has 0 aliphatic carbocycles. The van der Waals surface area contributed by atoms with E-state index in [0.717, 1.165) is 0 Å². The molecule has 0 aliphatic rings. The third kappa shape index (κ3) is 2.14. The number of alkyl halides is 2. The van der Waals surface area contributed by atoms with Gasteiger partial charge in [-0.05, 0) is 18.6 Å². The predicted molar refractivity (Wildman–Crippen MR) is 46.8 cm³/mol. The van der Waals surface area contributed by atoms with Crippen LogP contribution in [0.25, 0.3) is 0 Å². The highest BCUT2D eigenvalue weighted by Crippen LogP contribution is 2.26. The number of hydrogen-bond donors (Lipinski definition) is 1. The number of pyridine rings is 1. The normalized spacial score (nSPS) is 10.9. The van der Waals surface area contributed by atoms with E-state index in [-0.39, 0.29) is 17.3 Å². The van der Waals surface area contributed by atoms with Gasteiger partial charge in [-0.25, -0.2) is 13.8 Å². The van der Waals surface area contributed by atoms with Crippen LogP contribution in [-0.2, 0) is 6.54 Å². The second-order valence-electron chi connectivity index (χ2n) is 2.62. The molecule has 0 spiro atoms. The molecule has 0 atom stereocenters. The Hall–Kier alpha value is -0.740. The summed E-state index contributed by atoms with van der Waals surface area (Å²) in [6.07, 6.45) is -2.54. The van der Waals surface area contributed by atoms with E-state index < -0.39 is 6.43 Å². The van der Waals surface area contributed by atoms with Crippen molar-refractivity contribution < 1.29 is 8.78 Å². The number of rotatable bonds is 2. The Morgan fingerprint density at radius 3 is 2.69 bits per heavy atom. The molecule has 0 aromatic carbocycles. The van der Waals surface area contributed by atoms with E-state index in [1.165, 1.54) is 13.0 Å². The number of aromatic nitrogens is 1. The molecule has 0 bridgehead atoms. The molecule has 0 amide bonds. The second-order valence-corrected chi connectivity index (χ2v) is 2.98. The van der Waals surface area contributed by atoms with Crippen LogP contribution in [0.1, 0.15) is 23.2 Å². The van der Waals surface area contributed by atoms with E-state index in [1.54, 1.807) is 0 Å². The third-order valence-electron chi connectivity index (χ3n) is 1.75. The first-order valence-corrected chi connectivity index (χ1v) is 4.08. The molecule has 0 radical (unpaired) electrons. The van der Waals surface area contributed by atoms with Crippen LogP contribution in [0.3, 0.4) is 0 Å². The lowest BCUT2D eigenvalue weighted by atomic mass is 10.1. The Kier molecular flexibility index (Phi) is 3.17. The Morgan fingerprint density at radius 1 is 1.62 bits per heavy atom. The summed E-state index contributed by atoms with van der Waals surface area (Å²) in [4.78, 5) is 3.84. The molecule has 2 nitrogen and oxygen atoms in total. The van der Waals surface area contributed by atoms with Crippen LogP contribution in [0, 0.1) is 6.92 Å². The zero-order valence-electron chi connectivity index (χ0n) is 7.02. The van der Waals surface area contributed by atoms with Gasteiger partial charge in [0.15, 0.2) is 0 Å². The first-order valence-electron chi connectivity index (χ1n) is 3.70. The average Bonchev–Trinajstić information content (AvgIpc) is 2.09. The molecule has 1 rings (SSSR count). The Balaban J connectivity index is 3.25. The molecule has 0 saturated carbocycles. The highest BCUT2D eigenvalue weighted by Gasteiger charge is 2.14. The monoisotopic (exact) mass is 206 g/mol. The molecule has 13 heavy (non-hydrogen) atoms. The lowest BCUT2D eigenvalue weighted by Crippen LogP contribution is -2.03. The number of nitrogens with zero attached hydrogens (tertiary/aromatic N) is 1. The van der Waals surface area contributed by atoms with E-state index in [1.807, 2.05) is 0 Å². The van der Waals surface area contributed by atoms with Crippen LogP contribution >= 0.6 is 11.6 Å². The maximum atomic E-state index is 12.4. The summed E-state index contributed by atoms with van der Waals surface area (Å²) in [7, 11) is 0. The van der Waals surface area contributed by atoms with Gasteiger partial charge < -0.3 is 5.73 Å². The van der Waals surface area contributed by atoms with Crippen LogP contribution in [0.5, 0.6) is 0 Å². The van der Waals surface area contributed by atoms with Gasteiger partial charge in [0, 0.05) is 12.1 Å². The molecular formula is C8H9ClF2N2. The fourth-order valence-electron chi connectivity index (χ4n) is 0.980. The quantitative estimate of drug-likeness (QED) is 0.755. The highest BCUT2D eigenvalue weighted by atomic mass is 35.5. The third-order valence-corrected chi connectivity index (χ3v) is 2.12. The summed E-state index contributed by atoms with van der Waals surface area (Å²) in [5.74, 6) is 0. The number of nitrogens with two attached hydrogens (primary N) is 1. The lowest BCUT2D eigenvalue weighted by molar-refractivity contribution is 0.150. The first-order chi connectivity index (χ1) is 6.06. The van der Waals surface area contributed by atoms with E-state index in [4.69, 9.17) is 17.3 Å². The zero-order valence-corrected chi connectivity index (χ0v) is 7.78. The fraction of sp³-hybridized carbons (Fsp3) is 0.375. The van der Waals surface area contributed by atoms with Crippen molar-refractivity contribution >= 4 is 11.6 Å². The summed E-state index contributed by atoms with van der Waals surface area (Å²) in [5, 5.41) is 0.0956. The van der Waals surface area contributed by atoms with E-state index in [2.05, 4.69) is 4.98 Å². The van der Waals surface area contributed by atoms with Gasteiger partial charge >= 0.3 is 0 Å². The summed E-state index contributed by atoms with van der Waals surface area (Å²) in [5.41, 5.74) is 5.87. The minimum atomic E-state index is -2.54. The summed E-state index contributed by atoms with van der Waals surface area (Å²) in [6, 6.07) is 1.28. The topological polar surface area (TPSA) is 38.9 Å². The number of halogens is 3. The summed E-state index contributed by atoms with van der Waals surface area (Å²) >= 11 is 5.64. The molecule has 2 N–H and O–H groups in total. The van der Waals surface area contributed by atoms with Crippen molar-refractivity contribution in [3.63, 3.8) is 0 Å². The molecule has 0 aliphatic heterocycles. The van der Waals surface area contributed by atoms with Crippen molar-refractivity contribution in [2.75, 3.05) is 0 Å². The zero-order chi connectivity index (χ0) is 10.0. The smallest absolute Gasteiger partial charge is 0.264 e. The van der Waals surface area contributed by atoms with Gasteiger partial charge in [-0.1, -0.05) is 11.6 Å². The van der Waals surface area contributed by atoms with E-state index >= 15 is 0 Å². The van der Waals surface area contributed by atoms with Crippen LogP contribution in [0.4, 0.5) is 8.78 Å². The molecule has 1 aromatic rings. The SMILES string of the molecule is Cc1c(C(F)F)cc(CN)nc1Cl. The van der Waals surface area contributed by atoms with Crippen molar-refractivity contribution in [1.82, 2.24) is 4.98 Å². The minimum Gasteiger partial charge on any atom is -0.325 e. The van der Waals surface area contributed by atoms with Crippen LogP contribution in [0.15, 0.2) is 6.07 Å². The molecule has 1 heterocycles. The standard InChI is InChI=1S/C8H9ClF2N2/c1-4-6(8(10)11)2-5(3-12)13-7(4)9/h2,8H,3,12H2,1H3. The largest absolute Gasteiger partial charge is 0.325 e. The summed E-state index contributed by atoms with van der Waals surface area (Å²) < 4.78 is 24.8. The van der Waals surface area contributed by atoms with Crippen LogP contribution in [-0.4, -0.2) is 4.98 Å². The maximum Gasteiger partial charge on any atom is 0.264 e. The van der Waals surface area contributed by atoms with Crippen LogP contribution < -0.4 is 5.73 Å². The second kappa shape index (κ2) is 3.98. The highest BCUT2D eigenvalue weighted by molar-refractivity contribution is 6.30. The fourth-order valence-corrected chi connectivity index (χ4v) is 1.20. The van der Waals surface area contributed by atoms with Gasteiger partial charge in [-0.15, -0.1) is 0 Å². The molecule has 0 fully saturated rings. The molecular weight excluding hydrogens is 198 g/mol. The lowest BCUT2D eigenvalue weighted by Gasteiger charge is -2.07. The van der Waals surface area contributed by atoms with Crippen LogP contribution in [0.2, 0.25) is 5.15 Å². The van der Waals surface area contributed by atoms with E-state index in [9.17, 15) is 8.78 Å². The first kappa shape index (κ1) is 10.3. The molecule has 72 valence electrons. The van der Waals surface area contributed by atoms with Gasteiger partial charge in [-0.3, -0.25) is 0 Å². The van der Waals surface area contributed by atoms with Crippen molar-refractivity contribution in [1.29, 1.82) is 0 Å². The summed E-state index contributed by atoms with van der Waals surface area (Å²) in [6.45, 7) is 1.62. The van der Waals surface area contributed by atoms with Gasteiger partial charge in [-0.2, -0.15) is 0 Å². The van der Waals surface area contributed by atoms with E-state index in [0.29, 0.717) is 11.3 Å². The Bertz CT molecular complexity index is 315. The van der Waals surface area contributed by atoms with Crippen molar-refractivity contribution in [3.05, 3.63) is 28.0 Å². The van der Waals surface area contributed by atoms with Gasteiger partial charge in [0.1, 0.15) is 5.15 Å². The maximum absolute atomic E-state index is 12.4. The van der Waals surface area contributed by atoms with Gasteiger partial charge in [0.2, 0.25) is 0 Å². The Labute approximate surface area is 79.7 Å². The Morgan fingerprint density at radius 2 is 2.23 bits per heavy atom. The molecule has 0 saturated heterocycles. The molecule has 5 heteroatoms. The van der Waals surface area contributed by atoms with Gasteiger partial charge in [0.05, 0.1) is 5.69 Å². The van der Waals surface area contributed by atoms with Crippen molar-refractivity contribution in [3.8, 4) is 0 Å². The average molecular weight is 207 g/mol. The minimum absolute atomic E-state index is 0.0956. The number of hydrogen-bond acceptors (Lipinski definition) is 2. The molecule has 1 aromatic heterocycles. The van der Waals surface area contributed by atoms with Crippen molar-refractivity contribution in [2.24, 2.45) is 5.73 Å². The van der Waals surface area contributed by atoms with Gasteiger partial charge in [0.25, 0.3) is 6.43 Å². The molecule has 0 unspecified atom stereocenters. The van der Waals surface area contributed by atoms with Crippen molar-refractivity contribution in [2.45, 2.75) is 19.9 Å². The predicted octanol–water partition coefficient (Wildman–Crippen LogP) is 2.44.